The van der Waals surface area contributed by atoms with Crippen LogP contribution in [0.1, 0.15) is 31.7 Å². The van der Waals surface area contributed by atoms with Gasteiger partial charge in [0.15, 0.2) is 5.43 Å². The number of pyridine rings is 1. The topological polar surface area (TPSA) is 54.1 Å². The minimum absolute atomic E-state index is 0.0633. The van der Waals surface area contributed by atoms with Gasteiger partial charge in [-0.25, -0.2) is 0 Å². The molecule has 1 aliphatic rings. The van der Waals surface area contributed by atoms with Crippen molar-refractivity contribution in [3.63, 3.8) is 0 Å². The first kappa shape index (κ1) is 21.7. The number of rotatable bonds is 4. The molecule has 6 heteroatoms. The molecule has 0 unspecified atom stereocenters. The first-order valence-electron chi connectivity index (χ1n) is 9.65. The summed E-state index contributed by atoms with van der Waals surface area (Å²) in [5, 5.41) is 3.96. The van der Waals surface area contributed by atoms with Crippen LogP contribution in [0.2, 0.25) is 0 Å². The van der Waals surface area contributed by atoms with Crippen LogP contribution >= 0.6 is 31.9 Å². The van der Waals surface area contributed by atoms with E-state index in [-0.39, 0.29) is 5.43 Å². The van der Waals surface area contributed by atoms with Crippen LogP contribution in [0.4, 0.5) is 5.82 Å². The number of aromatic amines is 1. The number of halogens is 2. The number of H-pyrrole nitrogens is 1. The van der Waals surface area contributed by atoms with Gasteiger partial charge in [0.2, 0.25) is 0 Å². The average Bonchev–Trinajstić information content (AvgIpc) is 2.70. The quantitative estimate of drug-likeness (QED) is 0.375. The van der Waals surface area contributed by atoms with Crippen LogP contribution < -0.4 is 15.5 Å². The van der Waals surface area contributed by atoms with Crippen molar-refractivity contribution < 1.29 is 4.74 Å². The van der Waals surface area contributed by atoms with E-state index in [2.05, 4.69) is 55.7 Å². The summed E-state index contributed by atoms with van der Waals surface area (Å²) >= 11 is 6.91. The molecule has 0 aliphatic carbocycles. The molecule has 2 N–H and O–H groups in total. The van der Waals surface area contributed by atoms with Gasteiger partial charge in [0, 0.05) is 34.5 Å². The van der Waals surface area contributed by atoms with Crippen molar-refractivity contribution in [2.75, 3.05) is 18.5 Å². The molecule has 2 heterocycles. The second-order valence-electron chi connectivity index (χ2n) is 6.84. The van der Waals surface area contributed by atoms with E-state index in [1.807, 2.05) is 36.4 Å². The monoisotopic (exact) mass is 518 g/mol. The molecule has 0 fully saturated rings. The third-order valence-electron chi connectivity index (χ3n) is 4.62. The van der Waals surface area contributed by atoms with Crippen molar-refractivity contribution in [1.82, 2.24) is 4.98 Å². The van der Waals surface area contributed by atoms with E-state index in [1.54, 1.807) is 6.07 Å². The number of para-hydroxylation sites is 1. The Kier molecular flexibility index (Phi) is 7.56. The van der Waals surface area contributed by atoms with Crippen LogP contribution in [0.25, 0.3) is 16.5 Å². The molecule has 3 aromatic rings. The van der Waals surface area contributed by atoms with E-state index >= 15 is 0 Å². The lowest BCUT2D eigenvalue weighted by Gasteiger charge is -2.20. The summed E-state index contributed by atoms with van der Waals surface area (Å²) in [6.45, 7) is 7.78. The molecule has 0 spiro atoms. The van der Waals surface area contributed by atoms with Crippen molar-refractivity contribution in [3.8, 4) is 5.75 Å². The molecular weight excluding hydrogens is 496 g/mol. The van der Waals surface area contributed by atoms with Crippen molar-refractivity contribution in [2.45, 2.75) is 26.2 Å². The van der Waals surface area contributed by atoms with E-state index < -0.39 is 0 Å². The first-order chi connectivity index (χ1) is 14.0. The van der Waals surface area contributed by atoms with Crippen LogP contribution in [-0.4, -0.2) is 18.1 Å². The molecule has 0 radical (unpaired) electrons. The minimum atomic E-state index is 0.0633. The van der Waals surface area contributed by atoms with Crippen LogP contribution in [-0.2, 0) is 0 Å². The molecule has 0 bridgehead atoms. The van der Waals surface area contributed by atoms with Crippen molar-refractivity contribution in [2.24, 2.45) is 0 Å². The summed E-state index contributed by atoms with van der Waals surface area (Å²) in [5.41, 5.74) is 3.19. The largest absolute Gasteiger partial charge is 0.491 e. The van der Waals surface area contributed by atoms with Gasteiger partial charge < -0.3 is 15.0 Å². The standard InChI is InChI=1S/C13H16N2O.C10H8Br2O/c1-2-3-8-14-13-9-12(16)10-6-4-5-7-11(10)15-13;1-6-2-3-13-10-8(6)4-7(11)5-9(10)12/h4-7,9H,2-3,8H2,1H3,(H2,14,15,16);4-5H,1-3H2. The zero-order valence-electron chi connectivity index (χ0n) is 16.4. The van der Waals surface area contributed by atoms with Crippen LogP contribution in [0.5, 0.6) is 5.75 Å². The Labute approximate surface area is 187 Å². The van der Waals surface area contributed by atoms with Crippen LogP contribution in [0, 0.1) is 0 Å². The Morgan fingerprint density at radius 1 is 1.21 bits per heavy atom. The SMILES string of the molecule is C=C1CCOc2c(Br)cc(Br)cc21.CCCCNc1cc(=O)c2ccccc2[nH]1. The lowest BCUT2D eigenvalue weighted by molar-refractivity contribution is 0.314. The van der Waals surface area contributed by atoms with Gasteiger partial charge in [-0.3, -0.25) is 4.79 Å². The lowest BCUT2D eigenvalue weighted by Crippen LogP contribution is -2.08. The predicted molar refractivity (Wildman–Crippen MR) is 129 cm³/mol. The molecule has 152 valence electrons. The Morgan fingerprint density at radius 3 is 2.79 bits per heavy atom. The number of aromatic nitrogens is 1. The molecule has 4 rings (SSSR count). The predicted octanol–water partition coefficient (Wildman–Crippen LogP) is 6.75. The fraction of sp³-hybridized carbons (Fsp3) is 0.261. The van der Waals surface area contributed by atoms with Gasteiger partial charge >= 0.3 is 0 Å². The number of hydrogen-bond acceptors (Lipinski definition) is 3. The summed E-state index contributed by atoms with van der Waals surface area (Å²) in [4.78, 5) is 15.0. The highest BCUT2D eigenvalue weighted by Crippen LogP contribution is 2.39. The molecular formula is C23H24Br2N2O2. The zero-order valence-corrected chi connectivity index (χ0v) is 19.5. The Bertz CT molecular complexity index is 1080. The zero-order chi connectivity index (χ0) is 20.8. The van der Waals surface area contributed by atoms with Crippen LogP contribution in [0.3, 0.4) is 0 Å². The maximum Gasteiger partial charge on any atom is 0.191 e. The van der Waals surface area contributed by atoms with Gasteiger partial charge in [0.05, 0.1) is 16.6 Å². The molecule has 4 nitrogen and oxygen atoms in total. The smallest absolute Gasteiger partial charge is 0.191 e. The second kappa shape index (κ2) is 10.1. The second-order valence-corrected chi connectivity index (χ2v) is 8.61. The van der Waals surface area contributed by atoms with Gasteiger partial charge in [0.1, 0.15) is 11.6 Å². The van der Waals surface area contributed by atoms with Gasteiger partial charge in [-0.2, -0.15) is 0 Å². The Morgan fingerprint density at radius 2 is 2.00 bits per heavy atom. The normalized spacial score (nSPS) is 12.6. The van der Waals surface area contributed by atoms with Gasteiger partial charge in [0.25, 0.3) is 0 Å². The summed E-state index contributed by atoms with van der Waals surface area (Å²) in [7, 11) is 0. The number of nitrogens with one attached hydrogen (secondary N) is 2. The average molecular weight is 520 g/mol. The van der Waals surface area contributed by atoms with Gasteiger partial charge in [-0.1, -0.05) is 48.0 Å². The van der Waals surface area contributed by atoms with Gasteiger partial charge in [-0.15, -0.1) is 0 Å². The Hall–Kier alpha value is -2.05. The van der Waals surface area contributed by atoms with Crippen molar-refractivity contribution >= 4 is 54.2 Å². The molecule has 0 amide bonds. The number of fused-ring (bicyclic) bond motifs is 2. The van der Waals surface area contributed by atoms with Crippen molar-refractivity contribution in [1.29, 1.82) is 0 Å². The maximum atomic E-state index is 11.8. The number of hydrogen-bond donors (Lipinski definition) is 2. The highest BCUT2D eigenvalue weighted by atomic mass is 79.9. The van der Waals surface area contributed by atoms with E-state index in [9.17, 15) is 4.79 Å². The highest BCUT2D eigenvalue weighted by molar-refractivity contribution is 9.11. The summed E-state index contributed by atoms with van der Waals surface area (Å²) < 4.78 is 7.58. The third-order valence-corrected chi connectivity index (χ3v) is 5.67. The van der Waals surface area contributed by atoms with Crippen LogP contribution in [0.15, 0.2) is 62.8 Å². The molecule has 2 aromatic carbocycles. The van der Waals surface area contributed by atoms with E-state index in [0.29, 0.717) is 0 Å². The number of ether oxygens (including phenoxy) is 1. The van der Waals surface area contributed by atoms with E-state index in [4.69, 9.17) is 4.74 Å². The summed E-state index contributed by atoms with van der Waals surface area (Å²) in [6.07, 6.45) is 3.16. The molecule has 0 saturated carbocycles. The first-order valence-corrected chi connectivity index (χ1v) is 11.2. The molecule has 1 aliphatic heterocycles. The minimum Gasteiger partial charge on any atom is -0.491 e. The summed E-state index contributed by atoms with van der Waals surface area (Å²) in [6, 6.07) is 13.2. The fourth-order valence-corrected chi connectivity index (χ4v) is 4.41. The van der Waals surface area contributed by atoms with Gasteiger partial charge in [-0.05, 0) is 52.2 Å². The maximum absolute atomic E-state index is 11.8. The number of anilines is 1. The third kappa shape index (κ3) is 5.52. The molecule has 1 aromatic heterocycles. The molecule has 0 atom stereocenters. The molecule has 29 heavy (non-hydrogen) atoms. The van der Waals surface area contributed by atoms with E-state index in [0.717, 1.165) is 75.0 Å². The number of unbranched alkanes of at least 4 members (excludes halogenated alkanes) is 1. The molecule has 0 saturated heterocycles. The Balaban J connectivity index is 0.000000169. The lowest BCUT2D eigenvalue weighted by atomic mass is 10.0. The van der Waals surface area contributed by atoms with Crippen molar-refractivity contribution in [3.05, 3.63) is 73.8 Å². The summed E-state index contributed by atoms with van der Waals surface area (Å²) in [5.74, 6) is 1.72. The highest BCUT2D eigenvalue weighted by Gasteiger charge is 2.17. The number of benzene rings is 2. The van der Waals surface area contributed by atoms with E-state index in [1.165, 1.54) is 0 Å². The fourth-order valence-electron chi connectivity index (χ4n) is 3.07.